The van der Waals surface area contributed by atoms with Crippen molar-refractivity contribution < 1.29 is 19.0 Å². The molecule has 1 N–H and O–H groups in total. The van der Waals surface area contributed by atoms with Gasteiger partial charge in [-0.25, -0.2) is 4.79 Å². The molecule has 128 valence electrons. The van der Waals surface area contributed by atoms with Gasteiger partial charge in [0.25, 0.3) is 0 Å². The SMILES string of the molecule is CCOC1CC(NC2CCN(C(=O)OC(C)(C)C)C2)C1OC. The van der Waals surface area contributed by atoms with Crippen molar-refractivity contribution >= 4 is 6.09 Å². The van der Waals surface area contributed by atoms with Gasteiger partial charge in [-0.15, -0.1) is 0 Å². The third kappa shape index (κ3) is 4.33. The van der Waals surface area contributed by atoms with Crippen molar-refractivity contribution in [1.82, 2.24) is 10.2 Å². The van der Waals surface area contributed by atoms with Crippen LogP contribution in [-0.2, 0) is 14.2 Å². The van der Waals surface area contributed by atoms with Crippen molar-refractivity contribution in [3.8, 4) is 0 Å². The molecule has 1 amide bonds. The number of methoxy groups -OCH3 is 1. The molecule has 4 unspecified atom stereocenters. The van der Waals surface area contributed by atoms with Gasteiger partial charge in [-0.3, -0.25) is 0 Å². The molecular formula is C16H30N2O4. The lowest BCUT2D eigenvalue weighted by Crippen LogP contribution is -2.62. The topological polar surface area (TPSA) is 60.0 Å². The Kier molecular flexibility index (Phi) is 5.69. The van der Waals surface area contributed by atoms with Gasteiger partial charge < -0.3 is 24.4 Å². The second-order valence-corrected chi connectivity index (χ2v) is 7.11. The first kappa shape index (κ1) is 17.5. The van der Waals surface area contributed by atoms with Crippen molar-refractivity contribution in [2.24, 2.45) is 0 Å². The summed E-state index contributed by atoms with van der Waals surface area (Å²) in [5.74, 6) is 0. The van der Waals surface area contributed by atoms with Crippen molar-refractivity contribution in [3.63, 3.8) is 0 Å². The molecule has 1 aliphatic heterocycles. The van der Waals surface area contributed by atoms with Crippen molar-refractivity contribution in [1.29, 1.82) is 0 Å². The first-order valence-electron chi connectivity index (χ1n) is 8.22. The van der Waals surface area contributed by atoms with E-state index in [9.17, 15) is 4.79 Å². The van der Waals surface area contributed by atoms with E-state index < -0.39 is 5.60 Å². The molecule has 4 atom stereocenters. The highest BCUT2D eigenvalue weighted by Gasteiger charge is 2.43. The van der Waals surface area contributed by atoms with Crippen LogP contribution in [-0.4, -0.2) is 67.7 Å². The lowest BCUT2D eigenvalue weighted by Gasteiger charge is -2.44. The van der Waals surface area contributed by atoms with Gasteiger partial charge in [-0.1, -0.05) is 0 Å². The summed E-state index contributed by atoms with van der Waals surface area (Å²) in [5.41, 5.74) is -0.442. The van der Waals surface area contributed by atoms with E-state index >= 15 is 0 Å². The molecule has 0 aromatic heterocycles. The number of carbonyl (C=O) groups is 1. The lowest BCUT2D eigenvalue weighted by molar-refractivity contribution is -0.132. The molecule has 2 aliphatic rings. The first-order chi connectivity index (χ1) is 10.3. The van der Waals surface area contributed by atoms with Crippen LogP contribution in [0.15, 0.2) is 0 Å². The molecule has 1 saturated carbocycles. The fraction of sp³-hybridized carbons (Fsp3) is 0.938. The largest absolute Gasteiger partial charge is 0.444 e. The normalized spacial score (nSPS) is 32.0. The predicted molar refractivity (Wildman–Crippen MR) is 84.0 cm³/mol. The predicted octanol–water partition coefficient (Wildman–Crippen LogP) is 1.78. The maximum atomic E-state index is 12.1. The summed E-state index contributed by atoms with van der Waals surface area (Å²) in [6, 6.07) is 0.614. The molecule has 0 bridgehead atoms. The molecular weight excluding hydrogens is 284 g/mol. The second kappa shape index (κ2) is 7.15. The van der Waals surface area contributed by atoms with Crippen LogP contribution in [0.5, 0.6) is 0 Å². The van der Waals surface area contributed by atoms with Crippen LogP contribution in [0.3, 0.4) is 0 Å². The van der Waals surface area contributed by atoms with E-state index in [4.69, 9.17) is 14.2 Å². The van der Waals surface area contributed by atoms with Crippen LogP contribution in [0.25, 0.3) is 0 Å². The summed E-state index contributed by atoms with van der Waals surface area (Å²) in [6.45, 7) is 9.83. The molecule has 1 aliphatic carbocycles. The number of likely N-dealkylation sites (tertiary alicyclic amines) is 1. The minimum absolute atomic E-state index is 0.107. The van der Waals surface area contributed by atoms with Gasteiger partial charge in [0.05, 0.1) is 12.2 Å². The average molecular weight is 314 g/mol. The molecule has 0 aromatic carbocycles. The Morgan fingerprint density at radius 3 is 2.68 bits per heavy atom. The fourth-order valence-corrected chi connectivity index (χ4v) is 3.13. The number of nitrogens with one attached hydrogen (secondary N) is 1. The Balaban J connectivity index is 1.76. The summed E-state index contributed by atoms with van der Waals surface area (Å²) >= 11 is 0. The number of carbonyl (C=O) groups excluding carboxylic acids is 1. The van der Waals surface area contributed by atoms with Crippen molar-refractivity contribution in [2.75, 3.05) is 26.8 Å². The van der Waals surface area contributed by atoms with Crippen LogP contribution in [0, 0.1) is 0 Å². The highest BCUT2D eigenvalue weighted by molar-refractivity contribution is 5.68. The van der Waals surface area contributed by atoms with Gasteiger partial charge in [0.1, 0.15) is 5.60 Å². The van der Waals surface area contributed by atoms with E-state index in [1.54, 1.807) is 12.0 Å². The van der Waals surface area contributed by atoms with Gasteiger partial charge in [0.15, 0.2) is 0 Å². The molecule has 6 heteroatoms. The fourth-order valence-electron chi connectivity index (χ4n) is 3.13. The van der Waals surface area contributed by atoms with E-state index in [2.05, 4.69) is 5.32 Å². The Hall–Kier alpha value is -0.850. The third-order valence-electron chi connectivity index (χ3n) is 4.19. The van der Waals surface area contributed by atoms with E-state index in [0.717, 1.165) is 19.4 Å². The minimum Gasteiger partial charge on any atom is -0.444 e. The summed E-state index contributed by atoms with van der Waals surface area (Å²) < 4.78 is 16.6. The Morgan fingerprint density at radius 2 is 2.09 bits per heavy atom. The van der Waals surface area contributed by atoms with E-state index in [1.807, 2.05) is 27.7 Å². The minimum atomic E-state index is -0.442. The average Bonchev–Trinajstić information content (AvgIpc) is 2.84. The smallest absolute Gasteiger partial charge is 0.410 e. The number of rotatable bonds is 5. The molecule has 1 saturated heterocycles. The quantitative estimate of drug-likeness (QED) is 0.838. The van der Waals surface area contributed by atoms with Crippen LogP contribution in [0.2, 0.25) is 0 Å². The molecule has 2 fully saturated rings. The summed E-state index contributed by atoms with van der Waals surface area (Å²) in [4.78, 5) is 13.8. The molecule has 0 radical (unpaired) electrons. The van der Waals surface area contributed by atoms with Crippen molar-refractivity contribution in [2.45, 2.75) is 70.4 Å². The van der Waals surface area contributed by atoms with Gasteiger partial charge in [0.2, 0.25) is 0 Å². The van der Waals surface area contributed by atoms with Gasteiger partial charge in [-0.2, -0.15) is 0 Å². The van der Waals surface area contributed by atoms with E-state index in [0.29, 0.717) is 25.2 Å². The standard InChI is InChI=1S/C16H30N2O4/c1-6-21-13-9-12(14(13)20-5)17-11-7-8-18(10-11)15(19)22-16(2,3)4/h11-14,17H,6-10H2,1-5H3. The van der Waals surface area contributed by atoms with Crippen LogP contribution >= 0.6 is 0 Å². The maximum absolute atomic E-state index is 12.1. The Morgan fingerprint density at radius 1 is 1.36 bits per heavy atom. The highest BCUT2D eigenvalue weighted by atomic mass is 16.6. The number of hydrogen-bond acceptors (Lipinski definition) is 5. The monoisotopic (exact) mass is 314 g/mol. The maximum Gasteiger partial charge on any atom is 0.410 e. The third-order valence-corrected chi connectivity index (χ3v) is 4.19. The summed E-state index contributed by atoms with van der Waals surface area (Å²) in [6.07, 6.45) is 1.99. The molecule has 22 heavy (non-hydrogen) atoms. The van der Waals surface area contributed by atoms with Crippen LogP contribution < -0.4 is 5.32 Å². The molecule has 2 rings (SSSR count). The van der Waals surface area contributed by atoms with E-state index in [-0.39, 0.29) is 18.3 Å². The van der Waals surface area contributed by atoms with Gasteiger partial charge >= 0.3 is 6.09 Å². The van der Waals surface area contributed by atoms with Crippen LogP contribution in [0.1, 0.15) is 40.5 Å². The Labute approximate surface area is 133 Å². The second-order valence-electron chi connectivity index (χ2n) is 7.11. The summed E-state index contributed by atoms with van der Waals surface area (Å²) in [7, 11) is 1.73. The van der Waals surface area contributed by atoms with Gasteiger partial charge in [0, 0.05) is 38.9 Å². The van der Waals surface area contributed by atoms with Crippen LogP contribution in [0.4, 0.5) is 4.79 Å². The highest BCUT2D eigenvalue weighted by Crippen LogP contribution is 2.28. The first-order valence-corrected chi connectivity index (χ1v) is 8.22. The number of nitrogens with zero attached hydrogens (tertiary/aromatic N) is 1. The Bertz CT molecular complexity index is 383. The molecule has 0 aromatic rings. The number of ether oxygens (including phenoxy) is 3. The number of hydrogen-bond donors (Lipinski definition) is 1. The zero-order valence-electron chi connectivity index (χ0n) is 14.4. The zero-order valence-corrected chi connectivity index (χ0v) is 14.4. The summed E-state index contributed by atoms with van der Waals surface area (Å²) in [5, 5.41) is 3.60. The zero-order chi connectivity index (χ0) is 16.3. The van der Waals surface area contributed by atoms with Crippen molar-refractivity contribution in [3.05, 3.63) is 0 Å². The van der Waals surface area contributed by atoms with Gasteiger partial charge in [-0.05, 0) is 40.5 Å². The lowest BCUT2D eigenvalue weighted by atomic mass is 9.84. The molecule has 0 spiro atoms. The molecule has 1 heterocycles. The number of amides is 1. The molecule has 6 nitrogen and oxygen atoms in total. The van der Waals surface area contributed by atoms with E-state index in [1.165, 1.54) is 0 Å².